The van der Waals surface area contributed by atoms with E-state index in [1.54, 1.807) is 63.5 Å². The summed E-state index contributed by atoms with van der Waals surface area (Å²) in [6.45, 7) is 1.64. The standard InChI is InChI=1S/C29H30N4O6S/c1-5-39-29(36)20-11-16-23-24(17-20)31-28(35)26(23)27(19-9-7-6-8-10-19)30-21-12-14-22(15-13-21)33(40(4,37)38)18-25(34)32(2)3/h6-17,31,35H,5,18H2,1-4H3. The van der Waals surface area contributed by atoms with Crippen molar-refractivity contribution in [3.8, 4) is 5.88 Å². The van der Waals surface area contributed by atoms with Crippen LogP contribution >= 0.6 is 0 Å². The minimum absolute atomic E-state index is 0.124. The fourth-order valence-corrected chi connectivity index (χ4v) is 4.96. The highest BCUT2D eigenvalue weighted by Gasteiger charge is 2.23. The minimum Gasteiger partial charge on any atom is -0.494 e. The van der Waals surface area contributed by atoms with Gasteiger partial charge in [0.1, 0.15) is 6.54 Å². The van der Waals surface area contributed by atoms with E-state index in [-0.39, 0.29) is 24.9 Å². The third kappa shape index (κ3) is 6.15. The van der Waals surface area contributed by atoms with Gasteiger partial charge in [0.25, 0.3) is 0 Å². The van der Waals surface area contributed by atoms with Crippen molar-refractivity contribution in [3.05, 3.63) is 89.5 Å². The first kappa shape index (κ1) is 28.4. The second-order valence-electron chi connectivity index (χ2n) is 9.23. The number of carbonyl (C=O) groups is 2. The molecule has 4 rings (SSSR count). The van der Waals surface area contributed by atoms with E-state index in [4.69, 9.17) is 9.73 Å². The van der Waals surface area contributed by atoms with E-state index in [9.17, 15) is 23.1 Å². The third-order valence-electron chi connectivity index (χ3n) is 6.13. The number of aliphatic imine (C=N–C) groups is 1. The van der Waals surface area contributed by atoms with Crippen molar-refractivity contribution in [3.63, 3.8) is 0 Å². The van der Waals surface area contributed by atoms with Crippen LogP contribution in [0.15, 0.2) is 77.8 Å². The number of esters is 1. The number of fused-ring (bicyclic) bond motifs is 1. The van der Waals surface area contributed by atoms with Crippen LogP contribution in [0, 0.1) is 0 Å². The molecule has 0 fully saturated rings. The molecule has 0 unspecified atom stereocenters. The number of rotatable bonds is 9. The van der Waals surface area contributed by atoms with E-state index in [1.165, 1.54) is 4.90 Å². The van der Waals surface area contributed by atoms with Crippen LogP contribution in [0.25, 0.3) is 10.9 Å². The largest absolute Gasteiger partial charge is 0.494 e. The molecule has 0 spiro atoms. The second-order valence-corrected chi connectivity index (χ2v) is 11.1. The quantitative estimate of drug-likeness (QED) is 0.233. The molecule has 0 aliphatic carbocycles. The van der Waals surface area contributed by atoms with Crippen molar-refractivity contribution in [2.45, 2.75) is 6.92 Å². The summed E-state index contributed by atoms with van der Waals surface area (Å²) in [5.41, 5.74) is 3.32. The van der Waals surface area contributed by atoms with Crippen LogP contribution in [-0.2, 0) is 19.6 Å². The lowest BCUT2D eigenvalue weighted by Gasteiger charge is -2.23. The molecule has 11 heteroatoms. The maximum Gasteiger partial charge on any atom is 0.338 e. The lowest BCUT2D eigenvalue weighted by Crippen LogP contribution is -2.39. The Morgan fingerprint density at radius 1 is 0.975 bits per heavy atom. The van der Waals surface area contributed by atoms with E-state index in [0.717, 1.165) is 16.1 Å². The van der Waals surface area contributed by atoms with E-state index < -0.39 is 16.0 Å². The van der Waals surface area contributed by atoms with E-state index in [1.807, 2.05) is 30.3 Å². The molecule has 0 atom stereocenters. The molecule has 0 aliphatic heterocycles. The van der Waals surface area contributed by atoms with Gasteiger partial charge in [-0.25, -0.2) is 18.2 Å². The Hall–Kier alpha value is -4.64. The van der Waals surface area contributed by atoms with Crippen LogP contribution in [0.4, 0.5) is 11.4 Å². The molecule has 2 N–H and O–H groups in total. The summed E-state index contributed by atoms with van der Waals surface area (Å²) < 4.78 is 31.0. The Kier molecular flexibility index (Phi) is 8.24. The molecule has 10 nitrogen and oxygen atoms in total. The van der Waals surface area contributed by atoms with Gasteiger partial charge in [0.2, 0.25) is 15.9 Å². The van der Waals surface area contributed by atoms with E-state index >= 15 is 0 Å². The summed E-state index contributed by atoms with van der Waals surface area (Å²) in [5.74, 6) is -0.951. The van der Waals surface area contributed by atoms with Crippen LogP contribution < -0.4 is 4.31 Å². The van der Waals surface area contributed by atoms with Gasteiger partial charge in [-0.05, 0) is 43.3 Å². The number of aromatic hydroxyl groups is 1. The van der Waals surface area contributed by atoms with Crippen molar-refractivity contribution in [2.75, 3.05) is 37.8 Å². The zero-order chi connectivity index (χ0) is 29.0. The van der Waals surface area contributed by atoms with E-state index in [2.05, 4.69) is 4.98 Å². The molecule has 4 aromatic rings. The lowest BCUT2D eigenvalue weighted by atomic mass is 10.00. The van der Waals surface area contributed by atoms with Crippen LogP contribution in [0.3, 0.4) is 0 Å². The third-order valence-corrected chi connectivity index (χ3v) is 7.27. The predicted octanol–water partition coefficient (Wildman–Crippen LogP) is 4.07. The maximum absolute atomic E-state index is 12.4. The summed E-state index contributed by atoms with van der Waals surface area (Å²) in [6, 6.07) is 20.7. The molecule has 1 aromatic heterocycles. The fraction of sp³-hybridized carbons (Fsp3) is 0.207. The first-order valence-corrected chi connectivity index (χ1v) is 14.3. The van der Waals surface area contributed by atoms with Crippen molar-refractivity contribution in [1.29, 1.82) is 0 Å². The van der Waals surface area contributed by atoms with E-state index in [0.29, 0.717) is 39.1 Å². The monoisotopic (exact) mass is 562 g/mol. The van der Waals surface area contributed by atoms with Gasteiger partial charge in [-0.2, -0.15) is 0 Å². The molecule has 3 aromatic carbocycles. The van der Waals surface area contributed by atoms with Gasteiger partial charge in [0.05, 0.1) is 41.1 Å². The van der Waals surface area contributed by atoms with Crippen molar-refractivity contribution >= 4 is 49.9 Å². The second kappa shape index (κ2) is 11.6. The van der Waals surface area contributed by atoms with Crippen molar-refractivity contribution in [1.82, 2.24) is 9.88 Å². The molecule has 0 saturated carbocycles. The summed E-state index contributed by atoms with van der Waals surface area (Å²) in [6.07, 6.45) is 1.04. The first-order chi connectivity index (χ1) is 19.0. The number of nitrogens with one attached hydrogen (secondary N) is 1. The summed E-state index contributed by atoms with van der Waals surface area (Å²) in [4.78, 5) is 33.5. The molecule has 0 bridgehead atoms. The predicted molar refractivity (Wildman–Crippen MR) is 155 cm³/mol. The van der Waals surface area contributed by atoms with Crippen LogP contribution in [0.5, 0.6) is 5.88 Å². The number of hydrogen-bond donors (Lipinski definition) is 2. The maximum atomic E-state index is 12.4. The number of H-pyrrole nitrogens is 1. The van der Waals surface area contributed by atoms with Gasteiger partial charge >= 0.3 is 5.97 Å². The molecule has 40 heavy (non-hydrogen) atoms. The smallest absolute Gasteiger partial charge is 0.338 e. The number of anilines is 1. The van der Waals surface area contributed by atoms with Gasteiger partial charge in [0, 0.05) is 30.6 Å². The number of nitrogens with zero attached hydrogens (tertiary/aromatic N) is 3. The summed E-state index contributed by atoms with van der Waals surface area (Å²) >= 11 is 0. The molecular formula is C29H30N4O6S. The number of aromatic nitrogens is 1. The van der Waals surface area contributed by atoms with Crippen molar-refractivity contribution < 1.29 is 27.9 Å². The van der Waals surface area contributed by atoms with Crippen LogP contribution in [0.1, 0.15) is 28.4 Å². The molecular weight excluding hydrogens is 532 g/mol. The molecule has 0 radical (unpaired) electrons. The normalized spacial score (nSPS) is 11.8. The number of benzene rings is 3. The average molecular weight is 563 g/mol. The van der Waals surface area contributed by atoms with Crippen molar-refractivity contribution in [2.24, 2.45) is 4.99 Å². The highest BCUT2D eigenvalue weighted by atomic mass is 32.2. The zero-order valence-electron chi connectivity index (χ0n) is 22.6. The van der Waals surface area contributed by atoms with Gasteiger partial charge < -0.3 is 19.7 Å². The number of ether oxygens (including phenoxy) is 1. The number of aromatic amines is 1. The molecule has 208 valence electrons. The van der Waals surface area contributed by atoms with Crippen LogP contribution in [0.2, 0.25) is 0 Å². The number of carbonyl (C=O) groups excluding carboxylic acids is 2. The number of sulfonamides is 1. The molecule has 0 saturated heterocycles. The highest BCUT2D eigenvalue weighted by Crippen LogP contribution is 2.33. The number of amides is 1. The minimum atomic E-state index is -3.72. The van der Waals surface area contributed by atoms with Gasteiger partial charge in [-0.3, -0.25) is 9.10 Å². The first-order valence-electron chi connectivity index (χ1n) is 12.4. The Morgan fingerprint density at radius 3 is 2.25 bits per heavy atom. The zero-order valence-corrected chi connectivity index (χ0v) is 23.4. The average Bonchev–Trinajstić information content (AvgIpc) is 3.25. The fourth-order valence-electron chi connectivity index (χ4n) is 4.11. The van der Waals surface area contributed by atoms with Gasteiger partial charge in [-0.1, -0.05) is 36.4 Å². The van der Waals surface area contributed by atoms with Crippen LogP contribution in [-0.4, -0.2) is 74.5 Å². The Labute approximate surface area is 232 Å². The van der Waals surface area contributed by atoms with Gasteiger partial charge in [-0.15, -0.1) is 0 Å². The lowest BCUT2D eigenvalue weighted by molar-refractivity contribution is -0.127. The Balaban J connectivity index is 1.79. The number of likely N-dealkylation sites (N-methyl/N-ethyl adjacent to an activating group) is 1. The Bertz CT molecular complexity index is 1680. The SMILES string of the molecule is CCOC(=O)c1ccc2c(C(=Nc3ccc(N(CC(=O)N(C)C)S(C)(=O)=O)cc3)c3ccccc3)c(O)[nH]c2c1. The number of hydrogen-bond acceptors (Lipinski definition) is 7. The summed E-state index contributed by atoms with van der Waals surface area (Å²) in [5, 5.41) is 11.6. The molecule has 0 aliphatic rings. The Morgan fingerprint density at radius 2 is 1.65 bits per heavy atom. The molecule has 1 heterocycles. The topological polar surface area (TPSA) is 132 Å². The summed E-state index contributed by atoms with van der Waals surface area (Å²) in [7, 11) is -0.606. The molecule has 1 amide bonds. The highest BCUT2D eigenvalue weighted by molar-refractivity contribution is 7.92. The van der Waals surface area contributed by atoms with Gasteiger partial charge in [0.15, 0.2) is 5.88 Å².